The second-order valence-corrected chi connectivity index (χ2v) is 10.7. The van der Waals surface area contributed by atoms with Crippen molar-refractivity contribution in [1.82, 2.24) is 9.58 Å². The molecule has 3 aromatic rings. The molecule has 208 valence electrons. The number of hydrazone groups is 1. The third-order valence-electron chi connectivity index (χ3n) is 7.85. The molecule has 9 heteroatoms. The van der Waals surface area contributed by atoms with Crippen LogP contribution in [-0.2, 0) is 4.74 Å². The molecule has 1 unspecified atom stereocenters. The van der Waals surface area contributed by atoms with Crippen LogP contribution >= 0.6 is 0 Å². The molecule has 2 aliphatic rings. The highest BCUT2D eigenvalue weighted by atomic mass is 16.6. The van der Waals surface area contributed by atoms with E-state index in [0.29, 0.717) is 24.3 Å². The fourth-order valence-corrected chi connectivity index (χ4v) is 5.23. The number of benzene rings is 2. The molecule has 1 heterocycles. The van der Waals surface area contributed by atoms with Crippen molar-refractivity contribution in [1.29, 1.82) is 0 Å². The Labute approximate surface area is 230 Å². The second kappa shape index (κ2) is 11.6. The van der Waals surface area contributed by atoms with E-state index in [1.165, 1.54) is 6.42 Å². The van der Waals surface area contributed by atoms with Gasteiger partial charge in [-0.05, 0) is 76.1 Å². The largest absolute Gasteiger partial charge is 0.493 e. The molecule has 0 radical (unpaired) electrons. The molecule has 1 aromatic heterocycles. The normalized spacial score (nSPS) is 16.3. The zero-order chi connectivity index (χ0) is 27.5. The van der Waals surface area contributed by atoms with Gasteiger partial charge in [-0.3, -0.25) is 0 Å². The number of anilines is 2. The molecule has 0 spiro atoms. The number of carbonyl (C=O) groups excluding carboxylic acids is 1. The molecule has 0 aliphatic heterocycles. The number of fused-ring (bicyclic) bond motifs is 1. The first-order valence-corrected chi connectivity index (χ1v) is 14.0. The lowest BCUT2D eigenvalue weighted by Crippen LogP contribution is -2.39. The highest BCUT2D eigenvalue weighted by molar-refractivity contribution is 6.01. The Morgan fingerprint density at radius 1 is 1.18 bits per heavy atom. The minimum Gasteiger partial charge on any atom is -0.493 e. The SMILES string of the molecule is C/C=N\N(C)CCCOc1ccc2c(N)c(-c3ccc(N(N)C(=O)OC(C)C4CC4)cc3)n(C3CCC3)c2c1. The molecule has 39 heavy (non-hydrogen) atoms. The van der Waals surface area contributed by atoms with E-state index in [2.05, 4.69) is 21.8 Å². The first kappa shape index (κ1) is 26.9. The van der Waals surface area contributed by atoms with Gasteiger partial charge in [0.1, 0.15) is 11.9 Å². The van der Waals surface area contributed by atoms with Crippen molar-refractivity contribution in [3.8, 4) is 17.0 Å². The number of hydrogen-bond donors (Lipinski definition) is 2. The van der Waals surface area contributed by atoms with Crippen molar-refractivity contribution in [2.24, 2.45) is 16.9 Å². The van der Waals surface area contributed by atoms with Gasteiger partial charge in [0.15, 0.2) is 0 Å². The van der Waals surface area contributed by atoms with Crippen LogP contribution in [0, 0.1) is 5.92 Å². The van der Waals surface area contributed by atoms with Crippen molar-refractivity contribution in [3.05, 3.63) is 42.5 Å². The van der Waals surface area contributed by atoms with Crippen molar-refractivity contribution in [3.63, 3.8) is 0 Å². The average Bonchev–Trinajstić information content (AvgIpc) is 3.72. The summed E-state index contributed by atoms with van der Waals surface area (Å²) < 4.78 is 14.0. The number of carbonyl (C=O) groups is 1. The van der Waals surface area contributed by atoms with E-state index in [-0.39, 0.29) is 6.10 Å². The average molecular weight is 533 g/mol. The number of hydrogen-bond acceptors (Lipinski definition) is 7. The van der Waals surface area contributed by atoms with Gasteiger partial charge in [-0.25, -0.2) is 15.6 Å². The summed E-state index contributed by atoms with van der Waals surface area (Å²) in [5.41, 5.74) is 11.1. The van der Waals surface area contributed by atoms with Crippen LogP contribution in [0.5, 0.6) is 5.75 Å². The molecule has 0 bridgehead atoms. The van der Waals surface area contributed by atoms with Crippen molar-refractivity contribution in [2.75, 3.05) is 30.9 Å². The number of aromatic nitrogens is 1. The smallest absolute Gasteiger partial charge is 0.429 e. The number of ether oxygens (including phenoxy) is 2. The Hall–Kier alpha value is -3.72. The van der Waals surface area contributed by atoms with Crippen LogP contribution in [0.25, 0.3) is 22.2 Å². The Balaban J connectivity index is 1.36. The Bertz CT molecular complexity index is 1330. The number of amides is 1. The summed E-state index contributed by atoms with van der Waals surface area (Å²) in [6, 6.07) is 14.2. The molecule has 5 rings (SSSR count). The topological polar surface area (TPSA) is 111 Å². The molecule has 2 aromatic carbocycles. The van der Waals surface area contributed by atoms with E-state index in [9.17, 15) is 4.79 Å². The lowest BCUT2D eigenvalue weighted by Gasteiger charge is -2.30. The molecule has 1 atom stereocenters. The first-order valence-electron chi connectivity index (χ1n) is 14.0. The predicted molar refractivity (Wildman–Crippen MR) is 157 cm³/mol. The highest BCUT2D eigenvalue weighted by Gasteiger charge is 2.32. The number of rotatable bonds is 11. The Kier molecular flexibility index (Phi) is 7.97. The number of nitrogen functional groups attached to an aromatic ring is 1. The monoisotopic (exact) mass is 532 g/mol. The minimum absolute atomic E-state index is 0.119. The van der Waals surface area contributed by atoms with Gasteiger partial charge in [-0.15, -0.1) is 0 Å². The van der Waals surface area contributed by atoms with Crippen LogP contribution in [-0.4, -0.2) is 48.2 Å². The fourth-order valence-electron chi connectivity index (χ4n) is 5.23. The summed E-state index contributed by atoms with van der Waals surface area (Å²) in [7, 11) is 1.96. The Morgan fingerprint density at radius 3 is 2.56 bits per heavy atom. The maximum Gasteiger partial charge on any atom is 0.429 e. The van der Waals surface area contributed by atoms with Crippen LogP contribution in [0.2, 0.25) is 0 Å². The molecule has 2 fully saturated rings. The maximum absolute atomic E-state index is 12.5. The van der Waals surface area contributed by atoms with Crippen LogP contribution in [0.15, 0.2) is 47.6 Å². The molecular weight excluding hydrogens is 492 g/mol. The zero-order valence-corrected chi connectivity index (χ0v) is 23.2. The van der Waals surface area contributed by atoms with Crippen LogP contribution in [0.1, 0.15) is 58.4 Å². The summed E-state index contributed by atoms with van der Waals surface area (Å²) in [5, 5.41) is 8.25. The number of nitrogens with two attached hydrogens (primary N) is 2. The quantitative estimate of drug-likeness (QED) is 0.104. The van der Waals surface area contributed by atoms with Crippen molar-refractivity contribution in [2.45, 2.75) is 64.5 Å². The minimum atomic E-state index is -0.539. The number of nitrogens with zero attached hydrogens (tertiary/aromatic N) is 4. The van der Waals surface area contributed by atoms with Gasteiger partial charge in [0, 0.05) is 49.3 Å². The van der Waals surface area contributed by atoms with Gasteiger partial charge >= 0.3 is 6.09 Å². The molecule has 1 amide bonds. The van der Waals surface area contributed by atoms with Crippen LogP contribution in [0.3, 0.4) is 0 Å². The molecule has 9 nitrogen and oxygen atoms in total. The van der Waals surface area contributed by atoms with E-state index in [1.807, 2.05) is 56.2 Å². The highest BCUT2D eigenvalue weighted by Crippen LogP contribution is 2.45. The molecule has 4 N–H and O–H groups in total. The van der Waals surface area contributed by atoms with Gasteiger partial charge < -0.3 is 24.8 Å². The van der Waals surface area contributed by atoms with E-state index in [4.69, 9.17) is 21.1 Å². The van der Waals surface area contributed by atoms with E-state index in [0.717, 1.165) is 77.3 Å². The van der Waals surface area contributed by atoms with Gasteiger partial charge in [-0.1, -0.05) is 12.1 Å². The lowest BCUT2D eigenvalue weighted by molar-refractivity contribution is 0.102. The van der Waals surface area contributed by atoms with Crippen molar-refractivity contribution >= 4 is 34.6 Å². The third-order valence-corrected chi connectivity index (χ3v) is 7.85. The second-order valence-electron chi connectivity index (χ2n) is 10.7. The van der Waals surface area contributed by atoms with E-state index >= 15 is 0 Å². The zero-order valence-electron chi connectivity index (χ0n) is 23.2. The summed E-state index contributed by atoms with van der Waals surface area (Å²) in [6.45, 7) is 5.27. The van der Waals surface area contributed by atoms with Gasteiger partial charge in [0.25, 0.3) is 0 Å². The molecule has 2 aliphatic carbocycles. The summed E-state index contributed by atoms with van der Waals surface area (Å²) in [5.74, 6) is 7.39. The summed E-state index contributed by atoms with van der Waals surface area (Å²) >= 11 is 0. The summed E-state index contributed by atoms with van der Waals surface area (Å²) in [4.78, 5) is 12.5. The predicted octanol–water partition coefficient (Wildman–Crippen LogP) is 5.94. The first-order chi connectivity index (χ1) is 18.9. The van der Waals surface area contributed by atoms with Crippen LogP contribution < -0.4 is 21.3 Å². The van der Waals surface area contributed by atoms with Gasteiger partial charge in [0.05, 0.1) is 29.2 Å². The molecular formula is C30H40N6O3. The Morgan fingerprint density at radius 2 is 1.92 bits per heavy atom. The molecule has 0 saturated heterocycles. The third kappa shape index (κ3) is 5.83. The van der Waals surface area contributed by atoms with E-state index in [1.54, 1.807) is 6.21 Å². The molecule has 2 saturated carbocycles. The van der Waals surface area contributed by atoms with Crippen LogP contribution in [0.4, 0.5) is 16.2 Å². The summed E-state index contributed by atoms with van der Waals surface area (Å²) in [6.07, 6.45) is 7.64. The fraction of sp³-hybridized carbons (Fsp3) is 0.467. The van der Waals surface area contributed by atoms with Gasteiger partial charge in [0.2, 0.25) is 0 Å². The maximum atomic E-state index is 12.5. The van der Waals surface area contributed by atoms with E-state index < -0.39 is 6.09 Å². The number of hydrazine groups is 1. The lowest BCUT2D eigenvalue weighted by atomic mass is 9.92. The standard InChI is InChI=1S/C30H40N6O3/c1-4-33-34(3)17-6-18-38-25-15-16-26-27(19-25)35(23-7-5-8-23)29(28(26)31)22-11-13-24(14-12-22)36(32)30(37)39-20(2)21-9-10-21/h4,11-16,19-21,23H,5-10,17-18,31-32H2,1-3H3/b33-4-. The van der Waals surface area contributed by atoms with Gasteiger partial charge in [-0.2, -0.15) is 5.10 Å². The van der Waals surface area contributed by atoms with Crippen molar-refractivity contribution < 1.29 is 14.3 Å².